The number of hydrogen-bond acceptors (Lipinski definition) is 6. The van der Waals surface area contributed by atoms with E-state index in [0.29, 0.717) is 31.1 Å². The minimum absolute atomic E-state index is 0.326. The van der Waals surface area contributed by atoms with Gasteiger partial charge in [0, 0.05) is 26.2 Å². The third-order valence-corrected chi connectivity index (χ3v) is 7.18. The number of aromatic nitrogens is 4. The van der Waals surface area contributed by atoms with Gasteiger partial charge in [-0.3, -0.25) is 0 Å². The Labute approximate surface area is 174 Å². The second-order valence-electron chi connectivity index (χ2n) is 7.03. The van der Waals surface area contributed by atoms with Crippen molar-refractivity contribution in [1.29, 1.82) is 0 Å². The largest absolute Gasteiger partial charge is 0.353 e. The maximum Gasteiger partial charge on any atom is 0.243 e. The van der Waals surface area contributed by atoms with E-state index in [9.17, 15) is 8.42 Å². The van der Waals surface area contributed by atoms with Crippen LogP contribution in [0.4, 0.5) is 5.82 Å². The van der Waals surface area contributed by atoms with Crippen LogP contribution < -0.4 is 4.90 Å². The summed E-state index contributed by atoms with van der Waals surface area (Å²) in [6, 6.07) is 18.4. The van der Waals surface area contributed by atoms with E-state index in [0.717, 1.165) is 22.5 Å². The van der Waals surface area contributed by atoms with E-state index < -0.39 is 10.0 Å². The number of para-hydroxylation sites is 1. The summed E-state index contributed by atoms with van der Waals surface area (Å²) in [7, 11) is -3.48. The van der Waals surface area contributed by atoms with Crippen molar-refractivity contribution in [3.05, 3.63) is 73.2 Å². The van der Waals surface area contributed by atoms with Crippen LogP contribution in [0.2, 0.25) is 0 Å². The Kier molecular flexibility index (Phi) is 4.68. The van der Waals surface area contributed by atoms with E-state index >= 15 is 0 Å². The minimum atomic E-state index is -3.48. The predicted molar refractivity (Wildman–Crippen MR) is 114 cm³/mol. The summed E-state index contributed by atoms with van der Waals surface area (Å²) in [6.45, 7) is 1.90. The summed E-state index contributed by atoms with van der Waals surface area (Å²) in [5.74, 6) is 0.777. The molecule has 8 nitrogen and oxygen atoms in total. The number of nitrogens with zero attached hydrogens (tertiary/aromatic N) is 6. The lowest BCUT2D eigenvalue weighted by atomic mass is 10.3. The van der Waals surface area contributed by atoms with Gasteiger partial charge >= 0.3 is 0 Å². The SMILES string of the molecule is O=S(=O)(c1ccccc1)N1CCN(c2ncnc3c2cnn3-c2ccccc2)CC1. The molecule has 1 saturated heterocycles. The molecule has 1 aliphatic heterocycles. The highest BCUT2D eigenvalue weighted by Gasteiger charge is 2.29. The summed E-state index contributed by atoms with van der Waals surface area (Å²) in [6.07, 6.45) is 3.30. The monoisotopic (exact) mass is 420 g/mol. The second-order valence-corrected chi connectivity index (χ2v) is 8.97. The van der Waals surface area contributed by atoms with Gasteiger partial charge in [0.15, 0.2) is 5.65 Å². The smallest absolute Gasteiger partial charge is 0.243 e. The van der Waals surface area contributed by atoms with Crippen molar-refractivity contribution in [3.8, 4) is 5.69 Å². The molecule has 0 saturated carbocycles. The van der Waals surface area contributed by atoms with Crippen LogP contribution in [0.1, 0.15) is 0 Å². The van der Waals surface area contributed by atoms with Gasteiger partial charge in [-0.15, -0.1) is 0 Å². The molecule has 0 amide bonds. The first kappa shape index (κ1) is 18.7. The normalized spacial score (nSPS) is 15.5. The molecular weight excluding hydrogens is 400 g/mol. The van der Waals surface area contributed by atoms with Crippen molar-refractivity contribution in [2.75, 3.05) is 31.1 Å². The van der Waals surface area contributed by atoms with Crippen LogP contribution in [0.5, 0.6) is 0 Å². The molecule has 0 N–H and O–H groups in total. The van der Waals surface area contributed by atoms with Gasteiger partial charge < -0.3 is 4.90 Å². The van der Waals surface area contributed by atoms with Gasteiger partial charge in [-0.2, -0.15) is 9.40 Å². The lowest BCUT2D eigenvalue weighted by molar-refractivity contribution is 0.384. The maximum absolute atomic E-state index is 12.9. The van der Waals surface area contributed by atoms with Crippen LogP contribution in [0.25, 0.3) is 16.7 Å². The van der Waals surface area contributed by atoms with Crippen molar-refractivity contribution < 1.29 is 8.42 Å². The molecular formula is C21H20N6O2S. The summed E-state index contributed by atoms with van der Waals surface area (Å²) >= 11 is 0. The number of hydrogen-bond donors (Lipinski definition) is 0. The van der Waals surface area contributed by atoms with Crippen LogP contribution in [-0.2, 0) is 10.0 Å². The first-order valence-corrected chi connectivity index (χ1v) is 11.1. The van der Waals surface area contributed by atoms with Crippen LogP contribution in [-0.4, -0.2) is 58.7 Å². The zero-order valence-electron chi connectivity index (χ0n) is 16.2. The average molecular weight is 420 g/mol. The standard InChI is InChI=1S/C21H20N6O2S/c28-30(29,18-9-5-2-6-10-18)26-13-11-25(12-14-26)20-19-15-24-27(21(19)23-16-22-20)17-7-3-1-4-8-17/h1-10,15-16H,11-14H2. The molecule has 0 radical (unpaired) electrons. The number of sulfonamides is 1. The highest BCUT2D eigenvalue weighted by atomic mass is 32.2. The fourth-order valence-electron chi connectivity index (χ4n) is 3.72. The highest BCUT2D eigenvalue weighted by Crippen LogP contribution is 2.26. The fourth-order valence-corrected chi connectivity index (χ4v) is 5.17. The first-order chi connectivity index (χ1) is 14.6. The molecule has 9 heteroatoms. The topological polar surface area (TPSA) is 84.2 Å². The number of rotatable bonds is 4. The Morgan fingerprint density at radius 1 is 0.800 bits per heavy atom. The molecule has 0 bridgehead atoms. The minimum Gasteiger partial charge on any atom is -0.353 e. The van der Waals surface area contributed by atoms with Crippen LogP contribution >= 0.6 is 0 Å². The van der Waals surface area contributed by atoms with Gasteiger partial charge in [-0.05, 0) is 24.3 Å². The Morgan fingerprint density at radius 2 is 1.47 bits per heavy atom. The number of fused-ring (bicyclic) bond motifs is 1. The highest BCUT2D eigenvalue weighted by molar-refractivity contribution is 7.89. The molecule has 2 aromatic carbocycles. The second kappa shape index (κ2) is 7.51. The zero-order valence-corrected chi connectivity index (χ0v) is 17.0. The molecule has 3 heterocycles. The van der Waals surface area contributed by atoms with Gasteiger partial charge in [0.25, 0.3) is 0 Å². The third-order valence-electron chi connectivity index (χ3n) is 5.26. The molecule has 1 fully saturated rings. The Balaban J connectivity index is 1.40. The quantitative estimate of drug-likeness (QED) is 0.504. The molecule has 0 aliphatic carbocycles. The zero-order chi connectivity index (χ0) is 20.6. The maximum atomic E-state index is 12.9. The van der Waals surface area contributed by atoms with Crippen LogP contribution in [0, 0.1) is 0 Å². The number of benzene rings is 2. The van der Waals surface area contributed by atoms with Crippen molar-refractivity contribution in [2.24, 2.45) is 0 Å². The van der Waals surface area contributed by atoms with Crippen molar-refractivity contribution in [1.82, 2.24) is 24.1 Å². The van der Waals surface area contributed by atoms with Gasteiger partial charge in [0.05, 0.1) is 22.2 Å². The molecule has 30 heavy (non-hydrogen) atoms. The van der Waals surface area contributed by atoms with Gasteiger partial charge in [0.1, 0.15) is 12.1 Å². The van der Waals surface area contributed by atoms with Gasteiger partial charge in [-0.25, -0.2) is 23.1 Å². The van der Waals surface area contributed by atoms with Gasteiger partial charge in [-0.1, -0.05) is 36.4 Å². The van der Waals surface area contributed by atoms with E-state index in [1.165, 1.54) is 10.6 Å². The average Bonchev–Trinajstić information content (AvgIpc) is 3.25. The number of piperazine rings is 1. The van der Waals surface area contributed by atoms with E-state index in [-0.39, 0.29) is 0 Å². The van der Waals surface area contributed by atoms with E-state index in [4.69, 9.17) is 0 Å². The molecule has 2 aromatic heterocycles. The van der Waals surface area contributed by atoms with Crippen LogP contribution in [0.3, 0.4) is 0 Å². The first-order valence-electron chi connectivity index (χ1n) is 9.69. The Bertz CT molecular complexity index is 1270. The third kappa shape index (κ3) is 3.21. The van der Waals surface area contributed by atoms with E-state index in [1.807, 2.05) is 36.4 Å². The Hall–Kier alpha value is -3.30. The summed E-state index contributed by atoms with van der Waals surface area (Å²) < 4.78 is 29.1. The van der Waals surface area contributed by atoms with E-state index in [2.05, 4.69) is 20.0 Å². The number of anilines is 1. The lowest BCUT2D eigenvalue weighted by Gasteiger charge is -2.34. The molecule has 5 rings (SSSR count). The fraction of sp³-hybridized carbons (Fsp3) is 0.190. The molecule has 0 atom stereocenters. The molecule has 0 spiro atoms. The Morgan fingerprint density at radius 3 is 2.17 bits per heavy atom. The van der Waals surface area contributed by atoms with E-state index in [1.54, 1.807) is 35.1 Å². The van der Waals surface area contributed by atoms with Crippen molar-refractivity contribution >= 4 is 26.9 Å². The summed E-state index contributed by atoms with van der Waals surface area (Å²) in [5, 5.41) is 5.34. The molecule has 1 aliphatic rings. The molecule has 4 aromatic rings. The lowest BCUT2D eigenvalue weighted by Crippen LogP contribution is -2.49. The molecule has 0 unspecified atom stereocenters. The van der Waals surface area contributed by atoms with Crippen molar-refractivity contribution in [3.63, 3.8) is 0 Å². The molecule has 152 valence electrons. The van der Waals surface area contributed by atoms with Gasteiger partial charge in [0.2, 0.25) is 10.0 Å². The van der Waals surface area contributed by atoms with Crippen molar-refractivity contribution in [2.45, 2.75) is 4.90 Å². The summed E-state index contributed by atoms with van der Waals surface area (Å²) in [5.41, 5.74) is 1.65. The predicted octanol–water partition coefficient (Wildman–Crippen LogP) is 2.33. The summed E-state index contributed by atoms with van der Waals surface area (Å²) in [4.78, 5) is 11.3. The van der Waals surface area contributed by atoms with Crippen LogP contribution in [0.15, 0.2) is 78.1 Å².